The molecular formula is C16H10O4. The lowest BCUT2D eigenvalue weighted by Crippen LogP contribution is -1.97. The van der Waals surface area contributed by atoms with Crippen LogP contribution in [0.15, 0.2) is 56.1 Å². The lowest BCUT2D eigenvalue weighted by Gasteiger charge is -2.03. The SMILES string of the molecule is O=c1ccc2cc3c(oc4ccccc43)c(CO)c2o1. The van der Waals surface area contributed by atoms with E-state index >= 15 is 0 Å². The molecule has 0 amide bonds. The van der Waals surface area contributed by atoms with Gasteiger partial charge in [0.05, 0.1) is 12.2 Å². The summed E-state index contributed by atoms with van der Waals surface area (Å²) in [7, 11) is 0. The molecule has 4 heteroatoms. The zero-order chi connectivity index (χ0) is 13.7. The number of rotatable bonds is 1. The molecule has 2 aromatic heterocycles. The first-order valence-electron chi connectivity index (χ1n) is 6.26. The zero-order valence-corrected chi connectivity index (χ0v) is 10.4. The van der Waals surface area contributed by atoms with Crippen molar-refractivity contribution in [2.45, 2.75) is 6.61 Å². The number of hydrogen-bond donors (Lipinski definition) is 1. The van der Waals surface area contributed by atoms with Gasteiger partial charge in [-0.1, -0.05) is 18.2 Å². The molecule has 4 rings (SSSR count). The maximum Gasteiger partial charge on any atom is 0.336 e. The Morgan fingerprint density at radius 1 is 0.950 bits per heavy atom. The van der Waals surface area contributed by atoms with Crippen molar-refractivity contribution in [1.82, 2.24) is 0 Å². The van der Waals surface area contributed by atoms with Gasteiger partial charge < -0.3 is 13.9 Å². The van der Waals surface area contributed by atoms with E-state index in [1.54, 1.807) is 6.07 Å². The molecule has 0 atom stereocenters. The van der Waals surface area contributed by atoms with E-state index in [4.69, 9.17) is 8.83 Å². The van der Waals surface area contributed by atoms with Crippen LogP contribution in [0.1, 0.15) is 5.56 Å². The summed E-state index contributed by atoms with van der Waals surface area (Å²) < 4.78 is 11.0. The van der Waals surface area contributed by atoms with Crippen LogP contribution in [0, 0.1) is 0 Å². The molecule has 0 spiro atoms. The number of fused-ring (bicyclic) bond motifs is 4. The van der Waals surface area contributed by atoms with Crippen LogP contribution in [-0.2, 0) is 6.61 Å². The van der Waals surface area contributed by atoms with Crippen molar-refractivity contribution in [3.63, 3.8) is 0 Å². The van der Waals surface area contributed by atoms with E-state index in [-0.39, 0.29) is 6.61 Å². The molecule has 4 nitrogen and oxygen atoms in total. The quantitative estimate of drug-likeness (QED) is 0.537. The highest BCUT2D eigenvalue weighted by molar-refractivity contribution is 6.10. The Balaban J connectivity index is 2.31. The van der Waals surface area contributed by atoms with Crippen LogP contribution in [-0.4, -0.2) is 5.11 Å². The first kappa shape index (κ1) is 11.3. The standard InChI is InChI=1S/C16H10O4/c17-8-12-15-9(5-6-14(18)20-15)7-11-10-3-1-2-4-13(10)19-16(11)12/h1-7,17H,8H2. The summed E-state index contributed by atoms with van der Waals surface area (Å²) in [5, 5.41) is 12.3. The molecule has 98 valence electrons. The van der Waals surface area contributed by atoms with Crippen molar-refractivity contribution >= 4 is 32.9 Å². The molecule has 2 aromatic carbocycles. The van der Waals surface area contributed by atoms with Gasteiger partial charge in [0.15, 0.2) is 0 Å². The van der Waals surface area contributed by atoms with E-state index in [0.717, 1.165) is 21.7 Å². The summed E-state index contributed by atoms with van der Waals surface area (Å²) in [6.45, 7) is -0.249. The van der Waals surface area contributed by atoms with Gasteiger partial charge in [0.25, 0.3) is 0 Å². The molecule has 0 fully saturated rings. The molecule has 0 aliphatic carbocycles. The average Bonchev–Trinajstić information content (AvgIpc) is 2.83. The zero-order valence-electron chi connectivity index (χ0n) is 10.4. The number of para-hydroxylation sites is 1. The van der Waals surface area contributed by atoms with Crippen LogP contribution in [0.3, 0.4) is 0 Å². The maximum absolute atomic E-state index is 11.4. The van der Waals surface area contributed by atoms with Gasteiger partial charge in [0.1, 0.15) is 16.7 Å². The van der Waals surface area contributed by atoms with Crippen molar-refractivity contribution in [3.8, 4) is 0 Å². The van der Waals surface area contributed by atoms with Crippen LogP contribution < -0.4 is 5.63 Å². The lowest BCUT2D eigenvalue weighted by atomic mass is 10.1. The summed E-state index contributed by atoms with van der Waals surface area (Å²) >= 11 is 0. The van der Waals surface area contributed by atoms with Gasteiger partial charge in [0.2, 0.25) is 0 Å². The monoisotopic (exact) mass is 266 g/mol. The van der Waals surface area contributed by atoms with E-state index in [1.807, 2.05) is 30.3 Å². The molecule has 0 radical (unpaired) electrons. The Labute approximate surface area is 112 Å². The van der Waals surface area contributed by atoms with E-state index in [0.29, 0.717) is 16.7 Å². The summed E-state index contributed by atoms with van der Waals surface area (Å²) in [4.78, 5) is 11.4. The third-order valence-corrected chi connectivity index (χ3v) is 3.50. The predicted octanol–water partition coefficient (Wildman–Crippen LogP) is 3.18. The van der Waals surface area contributed by atoms with Gasteiger partial charge in [-0.05, 0) is 18.2 Å². The summed E-state index contributed by atoms with van der Waals surface area (Å²) in [6.07, 6.45) is 0. The highest BCUT2D eigenvalue weighted by Gasteiger charge is 2.15. The molecule has 0 saturated carbocycles. The van der Waals surface area contributed by atoms with E-state index in [1.165, 1.54) is 6.07 Å². The van der Waals surface area contributed by atoms with Crippen LogP contribution in [0.25, 0.3) is 32.9 Å². The maximum atomic E-state index is 11.4. The van der Waals surface area contributed by atoms with Crippen molar-refractivity contribution in [1.29, 1.82) is 0 Å². The number of hydrogen-bond acceptors (Lipinski definition) is 4. The normalized spacial score (nSPS) is 11.7. The first-order chi connectivity index (χ1) is 9.78. The fourth-order valence-electron chi connectivity index (χ4n) is 2.61. The minimum absolute atomic E-state index is 0.249. The van der Waals surface area contributed by atoms with Crippen LogP contribution in [0.2, 0.25) is 0 Å². The molecule has 20 heavy (non-hydrogen) atoms. The van der Waals surface area contributed by atoms with E-state index in [2.05, 4.69) is 0 Å². The molecule has 0 unspecified atom stereocenters. The Bertz CT molecular complexity index is 1010. The molecule has 0 saturated heterocycles. The van der Waals surface area contributed by atoms with Gasteiger partial charge in [0, 0.05) is 22.2 Å². The Morgan fingerprint density at radius 3 is 2.65 bits per heavy atom. The van der Waals surface area contributed by atoms with Crippen molar-refractivity contribution < 1.29 is 13.9 Å². The smallest absolute Gasteiger partial charge is 0.336 e. The third kappa shape index (κ3) is 1.42. The molecule has 0 aliphatic heterocycles. The van der Waals surface area contributed by atoms with Crippen molar-refractivity contribution in [3.05, 3.63) is 58.4 Å². The minimum Gasteiger partial charge on any atom is -0.456 e. The average molecular weight is 266 g/mol. The minimum atomic E-state index is -0.442. The number of aliphatic hydroxyl groups excluding tert-OH is 1. The van der Waals surface area contributed by atoms with E-state index < -0.39 is 5.63 Å². The molecule has 0 aliphatic rings. The Hall–Kier alpha value is -2.59. The van der Waals surface area contributed by atoms with Gasteiger partial charge >= 0.3 is 5.63 Å². The van der Waals surface area contributed by atoms with Crippen molar-refractivity contribution in [2.24, 2.45) is 0 Å². The second-order valence-electron chi connectivity index (χ2n) is 4.66. The van der Waals surface area contributed by atoms with E-state index in [9.17, 15) is 9.90 Å². The Kier molecular flexibility index (Phi) is 2.22. The summed E-state index contributed by atoms with van der Waals surface area (Å²) in [5.74, 6) is 0. The highest BCUT2D eigenvalue weighted by atomic mass is 16.4. The molecule has 4 aromatic rings. The highest BCUT2D eigenvalue weighted by Crippen LogP contribution is 2.35. The fourth-order valence-corrected chi connectivity index (χ4v) is 2.61. The van der Waals surface area contributed by atoms with Crippen LogP contribution >= 0.6 is 0 Å². The molecular weight excluding hydrogens is 256 g/mol. The predicted molar refractivity (Wildman–Crippen MR) is 75.7 cm³/mol. The number of aliphatic hydroxyl groups is 1. The third-order valence-electron chi connectivity index (χ3n) is 3.50. The van der Waals surface area contributed by atoms with Gasteiger partial charge in [-0.3, -0.25) is 0 Å². The number of furan rings is 1. The first-order valence-corrected chi connectivity index (χ1v) is 6.26. The van der Waals surface area contributed by atoms with Gasteiger partial charge in [-0.25, -0.2) is 4.79 Å². The van der Waals surface area contributed by atoms with Crippen LogP contribution in [0.5, 0.6) is 0 Å². The molecule has 2 heterocycles. The van der Waals surface area contributed by atoms with Gasteiger partial charge in [-0.2, -0.15) is 0 Å². The van der Waals surface area contributed by atoms with Crippen molar-refractivity contribution in [2.75, 3.05) is 0 Å². The second kappa shape index (κ2) is 3.95. The molecule has 1 N–H and O–H groups in total. The van der Waals surface area contributed by atoms with Crippen LogP contribution in [0.4, 0.5) is 0 Å². The lowest BCUT2D eigenvalue weighted by molar-refractivity contribution is 0.281. The topological polar surface area (TPSA) is 63.6 Å². The summed E-state index contributed by atoms with van der Waals surface area (Å²) in [5.41, 5.74) is 1.76. The largest absolute Gasteiger partial charge is 0.456 e. The fraction of sp³-hybridized carbons (Fsp3) is 0.0625. The number of benzene rings is 2. The van der Waals surface area contributed by atoms with Gasteiger partial charge in [-0.15, -0.1) is 0 Å². The second-order valence-corrected chi connectivity index (χ2v) is 4.66. The Morgan fingerprint density at radius 2 is 1.80 bits per heavy atom. The molecule has 0 bridgehead atoms. The summed E-state index contributed by atoms with van der Waals surface area (Å²) in [6, 6.07) is 12.6.